The van der Waals surface area contributed by atoms with E-state index in [1.165, 1.54) is 11.3 Å². The molecule has 0 spiro atoms. The number of imidazole rings is 1. The normalized spacial score (nSPS) is 15.7. The second kappa shape index (κ2) is 7.07. The van der Waals surface area contributed by atoms with Crippen LogP contribution < -0.4 is 5.69 Å². The van der Waals surface area contributed by atoms with E-state index < -0.39 is 0 Å². The van der Waals surface area contributed by atoms with E-state index in [9.17, 15) is 9.59 Å². The zero-order valence-corrected chi connectivity index (χ0v) is 15.6. The Morgan fingerprint density at radius 2 is 2.08 bits per heavy atom. The van der Waals surface area contributed by atoms with Crippen LogP contribution >= 0.6 is 11.3 Å². The molecule has 1 aromatic carbocycles. The first-order valence-electron chi connectivity index (χ1n) is 9.10. The molecule has 1 aliphatic heterocycles. The van der Waals surface area contributed by atoms with Crippen molar-refractivity contribution in [1.29, 1.82) is 0 Å². The summed E-state index contributed by atoms with van der Waals surface area (Å²) in [6, 6.07) is 7.88. The van der Waals surface area contributed by atoms with Crippen LogP contribution in [-0.2, 0) is 6.42 Å². The maximum atomic E-state index is 12.7. The van der Waals surface area contributed by atoms with Crippen molar-refractivity contribution in [3.05, 3.63) is 50.8 Å². The average Bonchev–Trinajstić information content (AvgIpc) is 3.25. The van der Waals surface area contributed by atoms with Crippen molar-refractivity contribution in [3.63, 3.8) is 0 Å². The van der Waals surface area contributed by atoms with Crippen LogP contribution in [0.25, 0.3) is 11.0 Å². The van der Waals surface area contributed by atoms with Gasteiger partial charge in [0.05, 0.1) is 22.2 Å². The maximum Gasteiger partial charge on any atom is 0.326 e. The number of hydrogen-bond acceptors (Lipinski definition) is 4. The molecule has 0 bridgehead atoms. The number of carbonyl (C=O) groups is 1. The first-order valence-corrected chi connectivity index (χ1v) is 9.92. The number of para-hydroxylation sites is 2. The lowest BCUT2D eigenvalue weighted by atomic mass is 10.0. The Labute approximate surface area is 155 Å². The van der Waals surface area contributed by atoms with Crippen LogP contribution in [0.15, 0.2) is 35.3 Å². The predicted molar refractivity (Wildman–Crippen MR) is 103 cm³/mol. The van der Waals surface area contributed by atoms with Gasteiger partial charge >= 0.3 is 5.69 Å². The standard InChI is InChI=1S/C19H22N4O2S/c1-2-5-17-20-12-16(26-17)18(24)22-10-8-13(9-11-22)23-15-7-4-3-6-14(15)21-19(23)25/h3-4,6-7,12-13H,2,5,8-11H2,1H3,(H,21,25). The van der Waals surface area contributed by atoms with E-state index in [4.69, 9.17) is 0 Å². The van der Waals surface area contributed by atoms with Gasteiger partial charge in [-0.15, -0.1) is 11.3 Å². The number of hydrogen-bond donors (Lipinski definition) is 1. The summed E-state index contributed by atoms with van der Waals surface area (Å²) in [5, 5.41) is 1.02. The van der Waals surface area contributed by atoms with Gasteiger partial charge in [0.1, 0.15) is 4.88 Å². The Morgan fingerprint density at radius 3 is 2.85 bits per heavy atom. The summed E-state index contributed by atoms with van der Waals surface area (Å²) in [6.07, 6.45) is 5.23. The van der Waals surface area contributed by atoms with E-state index >= 15 is 0 Å². The molecule has 4 rings (SSSR count). The van der Waals surface area contributed by atoms with Crippen molar-refractivity contribution in [1.82, 2.24) is 19.4 Å². The van der Waals surface area contributed by atoms with Gasteiger partial charge in [-0.2, -0.15) is 0 Å². The van der Waals surface area contributed by atoms with E-state index in [1.54, 1.807) is 6.20 Å². The van der Waals surface area contributed by atoms with Gasteiger partial charge in [0, 0.05) is 19.1 Å². The highest BCUT2D eigenvalue weighted by molar-refractivity contribution is 7.13. The summed E-state index contributed by atoms with van der Waals surface area (Å²) in [5.41, 5.74) is 1.74. The number of carbonyl (C=O) groups excluding carboxylic acids is 1. The Kier molecular flexibility index (Phi) is 4.63. The van der Waals surface area contributed by atoms with E-state index in [0.29, 0.717) is 13.1 Å². The maximum absolute atomic E-state index is 12.7. The van der Waals surface area contributed by atoms with Gasteiger partial charge in [0.15, 0.2) is 0 Å². The van der Waals surface area contributed by atoms with Crippen LogP contribution in [0.5, 0.6) is 0 Å². The fourth-order valence-corrected chi connectivity index (χ4v) is 4.65. The summed E-state index contributed by atoms with van der Waals surface area (Å²) >= 11 is 1.50. The van der Waals surface area contributed by atoms with Crippen molar-refractivity contribution in [2.45, 2.75) is 38.6 Å². The number of thiazole rings is 1. The van der Waals surface area contributed by atoms with Crippen LogP contribution in [0.2, 0.25) is 0 Å². The van der Waals surface area contributed by atoms with Gasteiger partial charge in [-0.1, -0.05) is 19.1 Å². The van der Waals surface area contributed by atoms with E-state index in [-0.39, 0.29) is 17.6 Å². The molecule has 136 valence electrons. The van der Waals surface area contributed by atoms with Crippen LogP contribution in [0.3, 0.4) is 0 Å². The molecule has 1 N–H and O–H groups in total. The number of nitrogens with zero attached hydrogens (tertiary/aromatic N) is 3. The third-order valence-electron chi connectivity index (χ3n) is 4.97. The van der Waals surface area contributed by atoms with E-state index in [0.717, 1.165) is 46.6 Å². The smallest absolute Gasteiger partial charge is 0.326 e. The number of H-pyrrole nitrogens is 1. The molecule has 3 heterocycles. The molecule has 1 amide bonds. The van der Waals surface area contributed by atoms with Gasteiger partial charge in [0.25, 0.3) is 5.91 Å². The molecule has 7 heteroatoms. The molecule has 2 aromatic heterocycles. The Bertz CT molecular complexity index is 979. The fraction of sp³-hybridized carbons (Fsp3) is 0.421. The number of amides is 1. The molecule has 0 saturated carbocycles. The number of piperidine rings is 1. The minimum atomic E-state index is -0.0670. The molecule has 6 nitrogen and oxygen atoms in total. The second-order valence-electron chi connectivity index (χ2n) is 6.71. The van der Waals surface area contributed by atoms with Gasteiger partial charge in [-0.25, -0.2) is 9.78 Å². The number of nitrogens with one attached hydrogen (secondary N) is 1. The largest absolute Gasteiger partial charge is 0.338 e. The molecule has 1 aliphatic rings. The van der Waals surface area contributed by atoms with Gasteiger partial charge in [-0.05, 0) is 37.8 Å². The molecule has 26 heavy (non-hydrogen) atoms. The van der Waals surface area contributed by atoms with Crippen molar-refractivity contribution in [2.75, 3.05) is 13.1 Å². The van der Waals surface area contributed by atoms with E-state index in [2.05, 4.69) is 16.9 Å². The van der Waals surface area contributed by atoms with Gasteiger partial charge in [0.2, 0.25) is 0 Å². The Morgan fingerprint density at radius 1 is 1.31 bits per heavy atom. The summed E-state index contributed by atoms with van der Waals surface area (Å²) in [4.78, 5) is 34.9. The lowest BCUT2D eigenvalue weighted by molar-refractivity contribution is 0.0699. The molecule has 1 fully saturated rings. The predicted octanol–water partition coefficient (Wildman–Crippen LogP) is 3.22. The zero-order valence-electron chi connectivity index (χ0n) is 14.8. The fourth-order valence-electron chi connectivity index (χ4n) is 3.66. The minimum absolute atomic E-state index is 0.0644. The Hall–Kier alpha value is -2.41. The lowest BCUT2D eigenvalue weighted by Crippen LogP contribution is -2.40. The molecular formula is C19H22N4O2S. The third-order valence-corrected chi connectivity index (χ3v) is 6.01. The number of aromatic amines is 1. The summed E-state index contributed by atoms with van der Waals surface area (Å²) in [5.74, 6) is 0.0644. The van der Waals surface area contributed by atoms with Crippen LogP contribution in [0.4, 0.5) is 0 Å². The molecule has 0 aliphatic carbocycles. The van der Waals surface area contributed by atoms with E-state index in [1.807, 2.05) is 33.7 Å². The first kappa shape index (κ1) is 17.0. The molecular weight excluding hydrogens is 348 g/mol. The topological polar surface area (TPSA) is 71.0 Å². The van der Waals surface area contributed by atoms with Crippen molar-refractivity contribution >= 4 is 28.3 Å². The average molecular weight is 370 g/mol. The quantitative estimate of drug-likeness (QED) is 0.766. The number of benzene rings is 1. The zero-order chi connectivity index (χ0) is 18.1. The highest BCUT2D eigenvalue weighted by Crippen LogP contribution is 2.26. The minimum Gasteiger partial charge on any atom is -0.338 e. The highest BCUT2D eigenvalue weighted by atomic mass is 32.1. The molecule has 1 saturated heterocycles. The summed E-state index contributed by atoms with van der Waals surface area (Å²) in [6.45, 7) is 3.44. The van der Waals surface area contributed by atoms with Crippen molar-refractivity contribution in [2.24, 2.45) is 0 Å². The Balaban J connectivity index is 1.47. The van der Waals surface area contributed by atoms with Crippen LogP contribution in [0.1, 0.15) is 46.9 Å². The number of likely N-dealkylation sites (tertiary alicyclic amines) is 1. The SMILES string of the molecule is CCCc1ncc(C(=O)N2CCC(n3c(=O)[nH]c4ccccc43)CC2)s1. The molecule has 0 unspecified atom stereocenters. The molecule has 3 aromatic rings. The molecule has 0 radical (unpaired) electrons. The third kappa shape index (κ3) is 3.07. The van der Waals surface area contributed by atoms with Gasteiger partial charge < -0.3 is 9.88 Å². The van der Waals surface area contributed by atoms with Crippen molar-refractivity contribution < 1.29 is 4.79 Å². The molecule has 0 atom stereocenters. The lowest BCUT2D eigenvalue weighted by Gasteiger charge is -2.32. The number of rotatable bonds is 4. The second-order valence-corrected chi connectivity index (χ2v) is 7.82. The number of aryl methyl sites for hydroxylation is 1. The highest BCUT2D eigenvalue weighted by Gasteiger charge is 2.27. The van der Waals surface area contributed by atoms with Crippen molar-refractivity contribution in [3.8, 4) is 0 Å². The number of fused-ring (bicyclic) bond motifs is 1. The van der Waals surface area contributed by atoms with Crippen LogP contribution in [0, 0.1) is 0 Å². The van der Waals surface area contributed by atoms with Gasteiger partial charge in [-0.3, -0.25) is 9.36 Å². The monoisotopic (exact) mass is 370 g/mol. The van der Waals surface area contributed by atoms with Crippen LogP contribution in [-0.4, -0.2) is 38.4 Å². The summed E-state index contributed by atoms with van der Waals surface area (Å²) < 4.78 is 1.85. The number of aromatic nitrogens is 3. The first-order chi connectivity index (χ1) is 12.7. The summed E-state index contributed by atoms with van der Waals surface area (Å²) in [7, 11) is 0.